The summed E-state index contributed by atoms with van der Waals surface area (Å²) in [6.07, 6.45) is 8.54. The van der Waals surface area contributed by atoms with Crippen molar-refractivity contribution < 1.29 is 9.53 Å². The molecule has 1 aliphatic carbocycles. The Morgan fingerprint density at radius 1 is 1.33 bits per heavy atom. The zero-order valence-corrected chi connectivity index (χ0v) is 13.2. The Kier molecular flexibility index (Phi) is 6.04. The molecule has 1 aromatic rings. The van der Waals surface area contributed by atoms with Crippen molar-refractivity contribution >= 4 is 5.78 Å². The van der Waals surface area contributed by atoms with Gasteiger partial charge in [0.15, 0.2) is 0 Å². The number of benzene rings is 1. The molecule has 1 saturated carbocycles. The smallest absolute Gasteiger partial charge is 0.133 e. The molecule has 0 amide bonds. The van der Waals surface area contributed by atoms with Gasteiger partial charge < -0.3 is 4.74 Å². The summed E-state index contributed by atoms with van der Waals surface area (Å²) in [5.41, 5.74) is 2.65. The van der Waals surface area contributed by atoms with E-state index in [0.717, 1.165) is 19.3 Å². The van der Waals surface area contributed by atoms with Gasteiger partial charge in [-0.25, -0.2) is 0 Å². The lowest BCUT2D eigenvalue weighted by molar-refractivity contribution is -0.121. The monoisotopic (exact) mass is 286 g/mol. The Labute approximate surface area is 128 Å². The van der Waals surface area contributed by atoms with Crippen LogP contribution in [0.4, 0.5) is 0 Å². The number of Topliss-reactive ketones (excluding diaryl/α,β-unsaturated/α-hetero) is 1. The first-order valence-corrected chi connectivity index (χ1v) is 7.96. The molecule has 0 spiro atoms. The maximum absolute atomic E-state index is 12.0. The highest BCUT2D eigenvalue weighted by molar-refractivity contribution is 5.78. The van der Waals surface area contributed by atoms with Gasteiger partial charge in [-0.1, -0.05) is 36.8 Å². The third-order valence-electron chi connectivity index (χ3n) is 4.53. The minimum atomic E-state index is 0.121. The summed E-state index contributed by atoms with van der Waals surface area (Å²) in [4.78, 5) is 12.0. The highest BCUT2D eigenvalue weighted by Crippen LogP contribution is 2.35. The Balaban J connectivity index is 2.05. The first-order chi connectivity index (χ1) is 10.2. The number of hydrogen-bond acceptors (Lipinski definition) is 2. The summed E-state index contributed by atoms with van der Waals surface area (Å²) >= 11 is 0. The molecule has 0 N–H and O–H groups in total. The summed E-state index contributed by atoms with van der Waals surface area (Å²) in [6.45, 7) is 1.73. The van der Waals surface area contributed by atoms with Crippen LogP contribution < -0.4 is 0 Å². The highest BCUT2D eigenvalue weighted by Gasteiger charge is 2.25. The number of ketones is 1. The number of ether oxygens (including phenoxy) is 1. The van der Waals surface area contributed by atoms with Crippen LogP contribution in [0.5, 0.6) is 0 Å². The molecule has 0 radical (unpaired) electrons. The molecule has 1 fully saturated rings. The van der Waals surface area contributed by atoms with Gasteiger partial charge in [-0.05, 0) is 56.1 Å². The molecule has 0 aliphatic heterocycles. The molecule has 0 aromatic heterocycles. The van der Waals surface area contributed by atoms with E-state index in [1.807, 2.05) is 24.5 Å². The molecular weight excluding hydrogens is 260 g/mol. The molecule has 2 rings (SSSR count). The van der Waals surface area contributed by atoms with Gasteiger partial charge >= 0.3 is 0 Å². The van der Waals surface area contributed by atoms with E-state index >= 15 is 0 Å². The van der Waals surface area contributed by atoms with Crippen LogP contribution >= 0.6 is 0 Å². The van der Waals surface area contributed by atoms with E-state index in [4.69, 9.17) is 4.74 Å². The van der Waals surface area contributed by atoms with E-state index in [2.05, 4.69) is 12.1 Å². The maximum atomic E-state index is 12.0. The van der Waals surface area contributed by atoms with Crippen molar-refractivity contribution in [3.05, 3.63) is 47.7 Å². The number of carbonyl (C=O) groups excluding carboxylic acids is 1. The number of allylic oxidation sites excluding steroid dienone is 1. The SMILES string of the molecule is CO/C=C1/CCCC[C@@H]1CC(Cc1ccccc1)C(C)=O. The van der Waals surface area contributed by atoms with Crippen LogP contribution in [-0.4, -0.2) is 12.9 Å². The fourth-order valence-corrected chi connectivity index (χ4v) is 3.32. The van der Waals surface area contributed by atoms with Gasteiger partial charge in [0.25, 0.3) is 0 Å². The second-order valence-corrected chi connectivity index (χ2v) is 6.10. The second kappa shape index (κ2) is 8.02. The molecule has 2 heteroatoms. The van der Waals surface area contributed by atoms with Crippen LogP contribution in [0.3, 0.4) is 0 Å². The predicted molar refractivity (Wildman–Crippen MR) is 86.0 cm³/mol. The lowest BCUT2D eigenvalue weighted by Crippen LogP contribution is -2.21. The Morgan fingerprint density at radius 3 is 2.76 bits per heavy atom. The minimum absolute atomic E-state index is 0.121. The van der Waals surface area contributed by atoms with Gasteiger partial charge in [-0.15, -0.1) is 0 Å². The first kappa shape index (κ1) is 15.8. The van der Waals surface area contributed by atoms with Gasteiger partial charge in [0, 0.05) is 5.92 Å². The van der Waals surface area contributed by atoms with Crippen LogP contribution in [0.2, 0.25) is 0 Å². The van der Waals surface area contributed by atoms with Crippen molar-refractivity contribution in [1.29, 1.82) is 0 Å². The Morgan fingerprint density at radius 2 is 2.10 bits per heavy atom. The van der Waals surface area contributed by atoms with Crippen molar-refractivity contribution in [3.8, 4) is 0 Å². The summed E-state index contributed by atoms with van der Waals surface area (Å²) < 4.78 is 5.22. The van der Waals surface area contributed by atoms with Gasteiger partial charge in [-0.2, -0.15) is 0 Å². The van der Waals surface area contributed by atoms with E-state index in [-0.39, 0.29) is 5.92 Å². The van der Waals surface area contributed by atoms with Crippen LogP contribution in [0.25, 0.3) is 0 Å². The van der Waals surface area contributed by atoms with Crippen molar-refractivity contribution in [2.75, 3.05) is 7.11 Å². The zero-order chi connectivity index (χ0) is 15.1. The standard InChI is InChI=1S/C19H26O2/c1-15(20)19(12-16-8-4-3-5-9-16)13-17-10-6-7-11-18(17)14-21-2/h3-5,8-9,14,17,19H,6-7,10-13H2,1-2H3/b18-14-/t17-,19?/m1/s1. The topological polar surface area (TPSA) is 26.3 Å². The third-order valence-corrected chi connectivity index (χ3v) is 4.53. The zero-order valence-electron chi connectivity index (χ0n) is 13.2. The average Bonchev–Trinajstić information content (AvgIpc) is 2.49. The van der Waals surface area contributed by atoms with Crippen LogP contribution in [0, 0.1) is 11.8 Å². The fraction of sp³-hybridized carbons (Fsp3) is 0.526. The van der Waals surface area contributed by atoms with Crippen molar-refractivity contribution in [2.24, 2.45) is 11.8 Å². The second-order valence-electron chi connectivity index (χ2n) is 6.10. The third kappa shape index (κ3) is 4.73. The summed E-state index contributed by atoms with van der Waals surface area (Å²) in [5, 5.41) is 0. The van der Waals surface area contributed by atoms with Crippen LogP contribution in [0.1, 0.15) is 44.6 Å². The molecule has 1 aromatic carbocycles. The predicted octanol–water partition coefficient (Wildman–Crippen LogP) is 4.54. The summed E-state index contributed by atoms with van der Waals surface area (Å²) in [6, 6.07) is 10.3. The molecule has 1 aliphatic rings. The lowest BCUT2D eigenvalue weighted by atomic mass is 9.77. The number of carbonyl (C=O) groups is 1. The Hall–Kier alpha value is -1.57. The van der Waals surface area contributed by atoms with Gasteiger partial charge in [-0.3, -0.25) is 4.79 Å². The molecule has 0 bridgehead atoms. The molecule has 2 nitrogen and oxygen atoms in total. The molecule has 1 unspecified atom stereocenters. The minimum Gasteiger partial charge on any atom is -0.504 e. The van der Waals surface area contributed by atoms with E-state index in [9.17, 15) is 4.79 Å². The van der Waals surface area contributed by atoms with Crippen LogP contribution in [-0.2, 0) is 16.0 Å². The van der Waals surface area contributed by atoms with E-state index < -0.39 is 0 Å². The molecule has 0 heterocycles. The largest absolute Gasteiger partial charge is 0.504 e. The van der Waals surface area contributed by atoms with Crippen molar-refractivity contribution in [1.82, 2.24) is 0 Å². The summed E-state index contributed by atoms with van der Waals surface area (Å²) in [5.74, 6) is 0.938. The van der Waals surface area contributed by atoms with E-state index in [1.165, 1.54) is 30.4 Å². The summed E-state index contributed by atoms with van der Waals surface area (Å²) in [7, 11) is 1.71. The number of methoxy groups -OCH3 is 1. The van der Waals surface area contributed by atoms with E-state index in [0.29, 0.717) is 11.7 Å². The van der Waals surface area contributed by atoms with Gasteiger partial charge in [0.2, 0.25) is 0 Å². The maximum Gasteiger partial charge on any atom is 0.133 e. The first-order valence-electron chi connectivity index (χ1n) is 7.96. The lowest BCUT2D eigenvalue weighted by Gasteiger charge is -2.28. The molecule has 2 atom stereocenters. The van der Waals surface area contributed by atoms with Gasteiger partial charge in [0.1, 0.15) is 5.78 Å². The molecule has 0 saturated heterocycles. The Bertz CT molecular complexity index is 476. The fourth-order valence-electron chi connectivity index (χ4n) is 3.32. The average molecular weight is 286 g/mol. The molecule has 21 heavy (non-hydrogen) atoms. The normalized spacial score (nSPS) is 22.0. The van der Waals surface area contributed by atoms with Crippen molar-refractivity contribution in [2.45, 2.75) is 45.4 Å². The number of hydrogen-bond donors (Lipinski definition) is 0. The number of rotatable bonds is 6. The quantitative estimate of drug-likeness (QED) is 0.717. The van der Waals surface area contributed by atoms with E-state index in [1.54, 1.807) is 14.0 Å². The molecular formula is C19H26O2. The molecule has 114 valence electrons. The van der Waals surface area contributed by atoms with Crippen molar-refractivity contribution in [3.63, 3.8) is 0 Å². The van der Waals surface area contributed by atoms with Gasteiger partial charge in [0.05, 0.1) is 13.4 Å². The van der Waals surface area contributed by atoms with Crippen LogP contribution in [0.15, 0.2) is 42.2 Å². The highest BCUT2D eigenvalue weighted by atomic mass is 16.5.